The number of ether oxygens (including phenoxy) is 2. The lowest BCUT2D eigenvalue weighted by Gasteiger charge is -2.26. The first-order valence-corrected chi connectivity index (χ1v) is 9.12. The van der Waals surface area contributed by atoms with Crippen molar-refractivity contribution in [2.45, 2.75) is 39.2 Å². The Kier molecular flexibility index (Phi) is 7.44. The molecular formula is C20H26F2N4O3. The van der Waals surface area contributed by atoms with E-state index in [0.29, 0.717) is 23.5 Å². The van der Waals surface area contributed by atoms with Crippen molar-refractivity contribution in [3.05, 3.63) is 36.2 Å². The number of halogens is 2. The molecule has 0 fully saturated rings. The fraction of sp³-hybridized carbons (Fsp3) is 0.450. The minimum atomic E-state index is -2.78. The monoisotopic (exact) mass is 408 g/mol. The van der Waals surface area contributed by atoms with Crippen LogP contribution in [0.3, 0.4) is 0 Å². The van der Waals surface area contributed by atoms with Crippen LogP contribution in [0.2, 0.25) is 0 Å². The predicted octanol–water partition coefficient (Wildman–Crippen LogP) is 4.40. The Bertz CT molecular complexity index is 844. The second-order valence-corrected chi connectivity index (χ2v) is 7.51. The molecule has 2 aromatic rings. The third-order valence-corrected chi connectivity index (χ3v) is 4.04. The summed E-state index contributed by atoms with van der Waals surface area (Å²) >= 11 is 0. The number of nitrogens with two attached hydrogens (primary N) is 1. The van der Waals surface area contributed by atoms with Crippen molar-refractivity contribution in [2.24, 2.45) is 11.7 Å². The van der Waals surface area contributed by atoms with E-state index in [1.165, 1.54) is 31.6 Å². The van der Waals surface area contributed by atoms with Crippen LogP contribution in [0.25, 0.3) is 11.1 Å². The van der Waals surface area contributed by atoms with E-state index in [0.717, 1.165) is 0 Å². The van der Waals surface area contributed by atoms with Crippen LogP contribution in [-0.2, 0) is 4.74 Å². The molecule has 0 bridgehead atoms. The Balaban J connectivity index is 2.26. The standard InChI is InChI=1S/C20H26F2N4O3/c1-12(2)9-20(3,23)11-29-18-15(17(21)22)7-14(10-25-18)13-5-6-24-16(8-13)26-19(27)28-4/h5-8,10,12,17H,9,11,23H2,1-4H3,(H,24,26,27)/t20-/m0/s1. The number of nitrogens with zero attached hydrogens (tertiary/aromatic N) is 2. The number of carbonyl (C=O) groups excluding carboxylic acids is 1. The van der Waals surface area contributed by atoms with Crippen LogP contribution >= 0.6 is 0 Å². The highest BCUT2D eigenvalue weighted by Crippen LogP contribution is 2.32. The van der Waals surface area contributed by atoms with Crippen LogP contribution in [0.1, 0.15) is 39.2 Å². The Morgan fingerprint density at radius 2 is 2.00 bits per heavy atom. The molecule has 0 aromatic carbocycles. The molecule has 7 nitrogen and oxygen atoms in total. The number of methoxy groups -OCH3 is 1. The van der Waals surface area contributed by atoms with Gasteiger partial charge < -0.3 is 15.2 Å². The van der Waals surface area contributed by atoms with E-state index < -0.39 is 18.1 Å². The number of nitrogens with one attached hydrogen (secondary N) is 1. The number of pyridine rings is 2. The zero-order valence-corrected chi connectivity index (χ0v) is 16.9. The van der Waals surface area contributed by atoms with Gasteiger partial charge in [0.2, 0.25) is 5.88 Å². The molecule has 3 N–H and O–H groups in total. The maximum Gasteiger partial charge on any atom is 0.412 e. The van der Waals surface area contributed by atoms with E-state index in [2.05, 4.69) is 20.0 Å². The van der Waals surface area contributed by atoms with Crippen molar-refractivity contribution in [3.8, 4) is 17.0 Å². The number of hydrogen-bond donors (Lipinski definition) is 2. The highest BCUT2D eigenvalue weighted by atomic mass is 19.3. The summed E-state index contributed by atoms with van der Waals surface area (Å²) in [5.41, 5.74) is 6.18. The summed E-state index contributed by atoms with van der Waals surface area (Å²) in [7, 11) is 1.23. The number of aromatic nitrogens is 2. The molecule has 0 spiro atoms. The number of rotatable bonds is 8. The van der Waals surface area contributed by atoms with Crippen molar-refractivity contribution in [1.29, 1.82) is 0 Å². The molecule has 29 heavy (non-hydrogen) atoms. The molecule has 1 atom stereocenters. The van der Waals surface area contributed by atoms with Gasteiger partial charge in [0.15, 0.2) is 0 Å². The minimum Gasteiger partial charge on any atom is -0.475 e. The first-order valence-electron chi connectivity index (χ1n) is 9.12. The number of carbonyl (C=O) groups is 1. The van der Waals surface area contributed by atoms with Gasteiger partial charge in [0.1, 0.15) is 12.4 Å². The maximum atomic E-state index is 13.6. The van der Waals surface area contributed by atoms with Crippen LogP contribution < -0.4 is 15.8 Å². The summed E-state index contributed by atoms with van der Waals surface area (Å²) in [4.78, 5) is 19.4. The average molecular weight is 408 g/mol. The lowest BCUT2D eigenvalue weighted by Crippen LogP contribution is -2.43. The van der Waals surface area contributed by atoms with Gasteiger partial charge in [-0.25, -0.2) is 23.5 Å². The summed E-state index contributed by atoms with van der Waals surface area (Å²) in [5.74, 6) is 0.421. The summed E-state index contributed by atoms with van der Waals surface area (Å²) in [6.45, 7) is 5.94. The van der Waals surface area contributed by atoms with Crippen molar-refractivity contribution >= 4 is 11.9 Å². The molecule has 0 aliphatic rings. The third-order valence-electron chi connectivity index (χ3n) is 4.04. The van der Waals surface area contributed by atoms with Crippen LogP contribution in [0.5, 0.6) is 5.88 Å². The van der Waals surface area contributed by atoms with Crippen molar-refractivity contribution < 1.29 is 23.0 Å². The molecule has 9 heteroatoms. The number of alkyl halides is 2. The zero-order chi connectivity index (χ0) is 21.6. The smallest absolute Gasteiger partial charge is 0.412 e. The van der Waals surface area contributed by atoms with Gasteiger partial charge in [-0.1, -0.05) is 13.8 Å². The molecule has 0 aliphatic heterocycles. The van der Waals surface area contributed by atoms with Gasteiger partial charge in [0, 0.05) is 23.5 Å². The van der Waals surface area contributed by atoms with E-state index in [4.69, 9.17) is 10.5 Å². The van der Waals surface area contributed by atoms with Crippen LogP contribution in [0.4, 0.5) is 19.4 Å². The lowest BCUT2D eigenvalue weighted by atomic mass is 9.93. The van der Waals surface area contributed by atoms with Gasteiger partial charge in [-0.15, -0.1) is 0 Å². The number of hydrogen-bond acceptors (Lipinski definition) is 6. The lowest BCUT2D eigenvalue weighted by molar-refractivity contribution is 0.137. The second-order valence-electron chi connectivity index (χ2n) is 7.51. The average Bonchev–Trinajstić information content (AvgIpc) is 2.65. The molecule has 2 rings (SSSR count). The molecule has 158 valence electrons. The third kappa shape index (κ3) is 6.63. The normalized spacial score (nSPS) is 13.3. The van der Waals surface area contributed by atoms with Crippen LogP contribution in [0, 0.1) is 5.92 Å². The summed E-state index contributed by atoms with van der Waals surface area (Å²) in [5, 5.41) is 2.42. The largest absolute Gasteiger partial charge is 0.475 e. The zero-order valence-electron chi connectivity index (χ0n) is 16.9. The molecular weight excluding hydrogens is 382 g/mol. The second kappa shape index (κ2) is 9.60. The van der Waals surface area contributed by atoms with Crippen molar-refractivity contribution in [1.82, 2.24) is 9.97 Å². The van der Waals surface area contributed by atoms with Gasteiger partial charge in [0.05, 0.1) is 12.7 Å². The van der Waals surface area contributed by atoms with E-state index in [1.807, 2.05) is 20.8 Å². The maximum absolute atomic E-state index is 13.6. The van der Waals surface area contributed by atoms with Crippen LogP contribution in [0.15, 0.2) is 30.6 Å². The molecule has 0 saturated heterocycles. The van der Waals surface area contributed by atoms with E-state index >= 15 is 0 Å². The predicted molar refractivity (Wildman–Crippen MR) is 106 cm³/mol. The van der Waals surface area contributed by atoms with E-state index in [1.54, 1.807) is 6.07 Å². The molecule has 0 radical (unpaired) electrons. The molecule has 0 saturated carbocycles. The number of amides is 1. The quantitative estimate of drug-likeness (QED) is 0.672. The Morgan fingerprint density at radius 1 is 1.28 bits per heavy atom. The van der Waals surface area contributed by atoms with Gasteiger partial charge in [-0.3, -0.25) is 5.32 Å². The first kappa shape index (κ1) is 22.5. The SMILES string of the molecule is COC(=O)Nc1cc(-c2cnc(OC[C@@](C)(N)CC(C)C)c(C(F)F)c2)ccn1. The highest BCUT2D eigenvalue weighted by molar-refractivity contribution is 5.84. The summed E-state index contributed by atoms with van der Waals surface area (Å²) in [6, 6.07) is 4.46. The minimum absolute atomic E-state index is 0.0691. The fourth-order valence-corrected chi connectivity index (χ4v) is 2.96. The van der Waals surface area contributed by atoms with E-state index in [-0.39, 0.29) is 23.9 Å². The Morgan fingerprint density at radius 3 is 2.62 bits per heavy atom. The Labute approximate surface area is 168 Å². The molecule has 0 unspecified atom stereocenters. The van der Waals surface area contributed by atoms with Gasteiger partial charge >= 0.3 is 6.09 Å². The van der Waals surface area contributed by atoms with Gasteiger partial charge in [-0.2, -0.15) is 0 Å². The molecule has 1 amide bonds. The van der Waals surface area contributed by atoms with Crippen LogP contribution in [-0.4, -0.2) is 35.3 Å². The molecule has 0 aliphatic carbocycles. The summed E-state index contributed by atoms with van der Waals surface area (Å²) < 4.78 is 37.3. The van der Waals surface area contributed by atoms with Gasteiger partial charge in [0.25, 0.3) is 6.43 Å². The molecule has 2 heterocycles. The molecule has 2 aromatic heterocycles. The first-order chi connectivity index (χ1) is 13.6. The fourth-order valence-electron chi connectivity index (χ4n) is 2.96. The summed E-state index contributed by atoms with van der Waals surface area (Å²) in [6.07, 6.45) is 0.0903. The van der Waals surface area contributed by atoms with Gasteiger partial charge in [-0.05, 0) is 43.0 Å². The van der Waals surface area contributed by atoms with Crippen molar-refractivity contribution in [2.75, 3.05) is 19.0 Å². The van der Waals surface area contributed by atoms with Crippen molar-refractivity contribution in [3.63, 3.8) is 0 Å². The van der Waals surface area contributed by atoms with E-state index in [9.17, 15) is 13.6 Å². The Hall–Kier alpha value is -2.81. The number of anilines is 1. The highest BCUT2D eigenvalue weighted by Gasteiger charge is 2.24. The topological polar surface area (TPSA) is 99.4 Å².